The lowest BCUT2D eigenvalue weighted by Gasteiger charge is -2.17. The Labute approximate surface area is 135 Å². The second-order valence-electron chi connectivity index (χ2n) is 5.67. The average Bonchev–Trinajstić information content (AvgIpc) is 2.37. The SMILES string of the molecule is Cc1cc(C)c(S(=O)(=O)O)c(C)c1-[n+]1c(C)nc(C)c(N)c1N. The first kappa shape index (κ1) is 17.2. The molecule has 0 atom stereocenters. The molecule has 23 heavy (non-hydrogen) atoms. The predicted octanol–water partition coefficient (Wildman–Crippen LogP) is 1.31. The molecule has 0 saturated heterocycles. The van der Waals surface area contributed by atoms with Gasteiger partial charge in [-0.3, -0.25) is 4.55 Å². The van der Waals surface area contributed by atoms with Gasteiger partial charge in [0, 0.05) is 12.5 Å². The van der Waals surface area contributed by atoms with Crippen LogP contribution in [-0.4, -0.2) is 18.0 Å². The molecule has 0 aliphatic carbocycles. The lowest BCUT2D eigenvalue weighted by Crippen LogP contribution is -2.42. The average molecular weight is 337 g/mol. The molecule has 0 aliphatic heterocycles. The van der Waals surface area contributed by atoms with Gasteiger partial charge in [-0.05, 0) is 38.8 Å². The maximum absolute atomic E-state index is 11.7. The van der Waals surface area contributed by atoms with Crippen LogP contribution in [0.4, 0.5) is 11.5 Å². The van der Waals surface area contributed by atoms with E-state index < -0.39 is 10.1 Å². The minimum Gasteiger partial charge on any atom is -0.391 e. The highest BCUT2D eigenvalue weighted by atomic mass is 32.2. The molecule has 0 bridgehead atoms. The molecule has 1 heterocycles. The minimum absolute atomic E-state index is 0.122. The van der Waals surface area contributed by atoms with Crippen molar-refractivity contribution in [2.45, 2.75) is 39.5 Å². The molecule has 0 radical (unpaired) electrons. The molecule has 1 aromatic heterocycles. The van der Waals surface area contributed by atoms with Gasteiger partial charge >= 0.3 is 0 Å². The smallest absolute Gasteiger partial charge is 0.295 e. The van der Waals surface area contributed by atoms with Crippen molar-refractivity contribution in [3.8, 4) is 5.69 Å². The van der Waals surface area contributed by atoms with Crippen molar-refractivity contribution in [1.29, 1.82) is 0 Å². The number of hydrogen-bond acceptors (Lipinski definition) is 5. The topological polar surface area (TPSA) is 123 Å². The van der Waals surface area contributed by atoms with Gasteiger partial charge < -0.3 is 11.5 Å². The number of aromatic nitrogens is 2. The van der Waals surface area contributed by atoms with Gasteiger partial charge in [-0.25, -0.2) is 0 Å². The van der Waals surface area contributed by atoms with Gasteiger partial charge in [0.1, 0.15) is 22.0 Å². The Morgan fingerprint density at radius 3 is 2.17 bits per heavy atom. The normalized spacial score (nSPS) is 11.7. The van der Waals surface area contributed by atoms with E-state index >= 15 is 0 Å². The fraction of sp³-hybridized carbons (Fsp3) is 0.333. The molecule has 2 rings (SSSR count). The highest BCUT2D eigenvalue weighted by molar-refractivity contribution is 7.86. The highest BCUT2D eigenvalue weighted by Crippen LogP contribution is 2.28. The van der Waals surface area contributed by atoms with Gasteiger partial charge in [-0.2, -0.15) is 13.0 Å². The molecular weight excluding hydrogens is 316 g/mol. The van der Waals surface area contributed by atoms with Crippen LogP contribution in [0.3, 0.4) is 0 Å². The molecule has 0 amide bonds. The van der Waals surface area contributed by atoms with Crippen LogP contribution in [0, 0.1) is 34.6 Å². The number of rotatable bonds is 2. The quantitative estimate of drug-likeness (QED) is 0.561. The third-order valence-electron chi connectivity index (χ3n) is 3.90. The Morgan fingerprint density at radius 2 is 1.65 bits per heavy atom. The van der Waals surface area contributed by atoms with Gasteiger partial charge in [0.05, 0.1) is 0 Å². The summed E-state index contributed by atoms with van der Waals surface area (Å²) >= 11 is 0. The van der Waals surface area contributed by atoms with Crippen molar-refractivity contribution in [3.63, 3.8) is 0 Å². The number of nitrogens with zero attached hydrogens (tertiary/aromatic N) is 2. The summed E-state index contributed by atoms with van der Waals surface area (Å²) in [6.07, 6.45) is 0. The van der Waals surface area contributed by atoms with E-state index in [0.717, 1.165) is 5.56 Å². The van der Waals surface area contributed by atoms with E-state index in [9.17, 15) is 13.0 Å². The van der Waals surface area contributed by atoms with Crippen LogP contribution in [-0.2, 0) is 10.1 Å². The van der Waals surface area contributed by atoms with Crippen molar-refractivity contribution < 1.29 is 17.5 Å². The summed E-state index contributed by atoms with van der Waals surface area (Å²) in [5, 5.41) is 0. The molecular formula is C15H21N4O3S+. The molecule has 8 heteroatoms. The van der Waals surface area contributed by atoms with Crippen molar-refractivity contribution in [2.75, 3.05) is 11.5 Å². The van der Waals surface area contributed by atoms with E-state index in [0.29, 0.717) is 34.0 Å². The molecule has 5 N–H and O–H groups in total. The first-order valence-corrected chi connectivity index (χ1v) is 8.43. The van der Waals surface area contributed by atoms with Crippen LogP contribution in [0.25, 0.3) is 5.69 Å². The Hall–Kier alpha value is -2.19. The Bertz CT molecular complexity index is 921. The zero-order chi connectivity index (χ0) is 17.7. The second-order valence-corrected chi connectivity index (χ2v) is 7.03. The predicted molar refractivity (Wildman–Crippen MR) is 88.1 cm³/mol. The van der Waals surface area contributed by atoms with E-state index in [1.54, 1.807) is 38.3 Å². The first-order valence-electron chi connectivity index (χ1n) is 6.99. The van der Waals surface area contributed by atoms with Crippen LogP contribution in [0.2, 0.25) is 0 Å². The number of nitrogens with two attached hydrogens (primary N) is 2. The molecule has 124 valence electrons. The van der Waals surface area contributed by atoms with Crippen LogP contribution < -0.4 is 16.0 Å². The maximum Gasteiger partial charge on any atom is 0.295 e. The van der Waals surface area contributed by atoms with Gasteiger partial charge in [-0.1, -0.05) is 6.07 Å². The molecule has 0 fully saturated rings. The highest BCUT2D eigenvalue weighted by Gasteiger charge is 2.27. The molecule has 0 unspecified atom stereocenters. The molecule has 0 spiro atoms. The minimum atomic E-state index is -4.36. The van der Waals surface area contributed by atoms with Gasteiger partial charge in [0.15, 0.2) is 0 Å². The molecule has 1 aromatic carbocycles. The van der Waals surface area contributed by atoms with Crippen LogP contribution in [0.15, 0.2) is 11.0 Å². The fourth-order valence-electron chi connectivity index (χ4n) is 3.01. The van der Waals surface area contributed by atoms with Crippen LogP contribution >= 0.6 is 0 Å². The van der Waals surface area contributed by atoms with Crippen molar-refractivity contribution in [1.82, 2.24) is 4.98 Å². The summed E-state index contributed by atoms with van der Waals surface area (Å²) < 4.78 is 34.6. The standard InChI is InChI=1S/C15H20N4O3S/c1-7-6-8(2)14(23(20,21)22)9(3)13(7)19-11(5)18-10(4)12(16)15(19)17/h6,17H,16H2,1-5H3,(H,20,21,22)/p+1. The van der Waals surface area contributed by atoms with E-state index in [1.807, 2.05) is 6.92 Å². The number of hydrogen-bond donors (Lipinski definition) is 3. The molecule has 0 aliphatic rings. The first-order chi connectivity index (χ1) is 10.5. The summed E-state index contributed by atoms with van der Waals surface area (Å²) in [5.74, 6) is 0.858. The van der Waals surface area contributed by atoms with Crippen LogP contribution in [0.1, 0.15) is 28.2 Å². The zero-order valence-electron chi connectivity index (χ0n) is 13.8. The number of nitrogen functional groups attached to an aromatic ring is 2. The zero-order valence-corrected chi connectivity index (χ0v) is 14.6. The van der Waals surface area contributed by atoms with E-state index in [2.05, 4.69) is 4.98 Å². The molecule has 0 saturated carbocycles. The third-order valence-corrected chi connectivity index (χ3v) is 5.05. The largest absolute Gasteiger partial charge is 0.391 e. The Morgan fingerprint density at radius 1 is 1.09 bits per heavy atom. The van der Waals surface area contributed by atoms with Crippen molar-refractivity contribution >= 4 is 21.6 Å². The fourth-order valence-corrected chi connectivity index (χ4v) is 3.96. The Kier molecular flexibility index (Phi) is 4.08. The summed E-state index contributed by atoms with van der Waals surface area (Å²) in [7, 11) is -4.36. The van der Waals surface area contributed by atoms with Gasteiger partial charge in [0.2, 0.25) is 5.82 Å². The second kappa shape index (κ2) is 5.47. The molecule has 7 nitrogen and oxygen atoms in total. The number of aryl methyl sites for hydroxylation is 4. The number of anilines is 2. The van der Waals surface area contributed by atoms with Gasteiger partial charge in [0.25, 0.3) is 15.9 Å². The summed E-state index contributed by atoms with van der Waals surface area (Å²) in [5.41, 5.74) is 15.3. The summed E-state index contributed by atoms with van der Waals surface area (Å²) in [6.45, 7) is 8.61. The van der Waals surface area contributed by atoms with Crippen LogP contribution in [0.5, 0.6) is 0 Å². The summed E-state index contributed by atoms with van der Waals surface area (Å²) in [4.78, 5) is 4.23. The number of benzene rings is 1. The van der Waals surface area contributed by atoms with E-state index in [4.69, 9.17) is 11.5 Å². The third kappa shape index (κ3) is 2.75. The molecule has 2 aromatic rings. The lowest BCUT2D eigenvalue weighted by molar-refractivity contribution is -0.591. The summed E-state index contributed by atoms with van der Waals surface area (Å²) in [6, 6.07) is 1.69. The maximum atomic E-state index is 11.7. The van der Waals surface area contributed by atoms with Gasteiger partial charge in [-0.15, -0.1) is 4.98 Å². The van der Waals surface area contributed by atoms with Crippen molar-refractivity contribution in [2.24, 2.45) is 0 Å². The van der Waals surface area contributed by atoms with E-state index in [-0.39, 0.29) is 10.7 Å². The Balaban J connectivity index is 3.00. The lowest BCUT2D eigenvalue weighted by atomic mass is 10.0. The monoisotopic (exact) mass is 337 g/mol. The van der Waals surface area contributed by atoms with E-state index in [1.165, 1.54) is 0 Å². The van der Waals surface area contributed by atoms with Crippen molar-refractivity contribution in [3.05, 3.63) is 34.3 Å².